The maximum Gasteiger partial charge on any atom is 0.115 e. The third-order valence-electron chi connectivity index (χ3n) is 3.33. The molecule has 1 unspecified atom stereocenters. The number of hydrogen-bond acceptors (Lipinski definition) is 3. The monoisotopic (exact) mass is 287 g/mol. The summed E-state index contributed by atoms with van der Waals surface area (Å²) in [7, 11) is 1.99. The van der Waals surface area contributed by atoms with Crippen LogP contribution in [0.3, 0.4) is 0 Å². The van der Waals surface area contributed by atoms with Crippen molar-refractivity contribution in [3.63, 3.8) is 0 Å². The summed E-state index contributed by atoms with van der Waals surface area (Å²) in [5.41, 5.74) is 2.49. The van der Waals surface area contributed by atoms with Crippen LogP contribution in [0.1, 0.15) is 11.1 Å². The molecule has 2 aromatic rings. The molecule has 0 fully saturated rings. The summed E-state index contributed by atoms with van der Waals surface area (Å²) in [5.74, 6) is 1.35. The Bertz CT molecular complexity index is 556. The lowest BCUT2D eigenvalue weighted by Crippen LogP contribution is -2.30. The van der Waals surface area contributed by atoms with Crippen LogP contribution in [-0.4, -0.2) is 23.9 Å². The van der Waals surface area contributed by atoms with Crippen LogP contribution >= 0.6 is 11.8 Å². The van der Waals surface area contributed by atoms with Gasteiger partial charge >= 0.3 is 0 Å². The number of phenols is 1. The van der Waals surface area contributed by atoms with E-state index in [0.29, 0.717) is 11.8 Å². The maximum absolute atomic E-state index is 9.52. The molecule has 0 heterocycles. The summed E-state index contributed by atoms with van der Waals surface area (Å²) in [4.78, 5) is 1.34. The van der Waals surface area contributed by atoms with Crippen molar-refractivity contribution >= 4 is 11.8 Å². The Morgan fingerprint density at radius 2 is 1.95 bits per heavy atom. The predicted octanol–water partition coefficient (Wildman–Crippen LogP) is 3.62. The highest BCUT2D eigenvalue weighted by Crippen LogP contribution is 2.23. The van der Waals surface area contributed by atoms with E-state index in [-0.39, 0.29) is 0 Å². The highest BCUT2D eigenvalue weighted by Gasteiger charge is 2.09. The van der Waals surface area contributed by atoms with Crippen LogP contribution in [0.5, 0.6) is 5.75 Å². The molecule has 0 aromatic heterocycles. The first-order valence-electron chi connectivity index (χ1n) is 6.82. The van der Waals surface area contributed by atoms with E-state index in [9.17, 15) is 5.11 Å². The Morgan fingerprint density at radius 1 is 1.15 bits per heavy atom. The third kappa shape index (κ3) is 4.29. The quantitative estimate of drug-likeness (QED) is 0.796. The molecule has 0 aliphatic heterocycles. The van der Waals surface area contributed by atoms with Crippen molar-refractivity contribution in [3.8, 4) is 5.75 Å². The minimum Gasteiger partial charge on any atom is -0.508 e. The van der Waals surface area contributed by atoms with Crippen molar-refractivity contribution in [2.75, 3.05) is 12.8 Å². The number of aromatic hydroxyl groups is 1. The van der Waals surface area contributed by atoms with Crippen LogP contribution < -0.4 is 5.32 Å². The Morgan fingerprint density at radius 3 is 2.65 bits per heavy atom. The van der Waals surface area contributed by atoms with E-state index in [2.05, 4.69) is 42.6 Å². The molecule has 0 bridgehead atoms. The van der Waals surface area contributed by atoms with Crippen LogP contribution in [0, 0.1) is 6.92 Å². The predicted molar refractivity (Wildman–Crippen MR) is 86.6 cm³/mol. The zero-order chi connectivity index (χ0) is 14.4. The number of hydrogen-bond donors (Lipinski definition) is 2. The number of likely N-dealkylation sites (N-methyl/N-ethyl adjacent to an activating group) is 1. The average molecular weight is 287 g/mol. The first kappa shape index (κ1) is 14.9. The van der Waals surface area contributed by atoms with Gasteiger partial charge in [0.2, 0.25) is 0 Å². The van der Waals surface area contributed by atoms with E-state index in [1.165, 1.54) is 10.5 Å². The second-order valence-corrected chi connectivity index (χ2v) is 6.00. The fourth-order valence-corrected chi connectivity index (χ4v) is 3.26. The van der Waals surface area contributed by atoms with Crippen LogP contribution in [0.15, 0.2) is 53.4 Å². The van der Waals surface area contributed by atoms with E-state index >= 15 is 0 Å². The van der Waals surface area contributed by atoms with Gasteiger partial charge in [-0.1, -0.05) is 30.3 Å². The molecular formula is C17H21NOS. The fraction of sp³-hybridized carbons (Fsp3) is 0.294. The number of rotatable bonds is 6. The minimum atomic E-state index is 0.337. The summed E-state index contributed by atoms with van der Waals surface area (Å²) in [6.07, 6.45) is 0.920. The van der Waals surface area contributed by atoms with Gasteiger partial charge in [0.25, 0.3) is 0 Å². The smallest absolute Gasteiger partial charge is 0.115 e. The SMILES string of the molecule is CNC(CSc1ccccc1C)Cc1cccc(O)c1. The zero-order valence-electron chi connectivity index (χ0n) is 12.0. The van der Waals surface area contributed by atoms with Gasteiger partial charge in [-0.25, -0.2) is 0 Å². The van der Waals surface area contributed by atoms with Crippen molar-refractivity contribution in [1.82, 2.24) is 5.32 Å². The average Bonchev–Trinajstić information content (AvgIpc) is 2.45. The van der Waals surface area contributed by atoms with Crippen molar-refractivity contribution in [2.24, 2.45) is 0 Å². The Balaban J connectivity index is 1.94. The van der Waals surface area contributed by atoms with Crippen LogP contribution in [0.25, 0.3) is 0 Å². The van der Waals surface area contributed by atoms with E-state index in [1.54, 1.807) is 6.07 Å². The lowest BCUT2D eigenvalue weighted by molar-refractivity contribution is 0.474. The first-order valence-corrected chi connectivity index (χ1v) is 7.81. The van der Waals surface area contributed by atoms with Gasteiger partial charge in [0, 0.05) is 16.7 Å². The van der Waals surface area contributed by atoms with Gasteiger partial charge in [0.05, 0.1) is 0 Å². The van der Waals surface area contributed by atoms with Gasteiger partial charge in [-0.2, -0.15) is 0 Å². The van der Waals surface area contributed by atoms with Crippen molar-refractivity contribution < 1.29 is 5.11 Å². The van der Waals surface area contributed by atoms with Crippen LogP contribution in [-0.2, 0) is 6.42 Å². The van der Waals surface area contributed by atoms with Crippen molar-refractivity contribution in [2.45, 2.75) is 24.3 Å². The molecule has 1 atom stereocenters. The summed E-state index contributed by atoms with van der Waals surface area (Å²) in [6, 6.07) is 16.4. The highest BCUT2D eigenvalue weighted by atomic mass is 32.2. The van der Waals surface area contributed by atoms with Gasteiger partial charge in [-0.15, -0.1) is 11.8 Å². The second kappa shape index (κ2) is 7.36. The number of phenolic OH excluding ortho intramolecular Hbond substituents is 1. The lowest BCUT2D eigenvalue weighted by Gasteiger charge is -2.16. The molecular weight excluding hydrogens is 266 g/mol. The second-order valence-electron chi connectivity index (χ2n) is 4.94. The molecule has 2 aromatic carbocycles. The molecule has 106 valence electrons. The van der Waals surface area contributed by atoms with Gasteiger partial charge in [-0.05, 0) is 49.7 Å². The number of thioether (sulfide) groups is 1. The molecule has 0 saturated carbocycles. The van der Waals surface area contributed by atoms with E-state index in [0.717, 1.165) is 17.7 Å². The molecule has 0 radical (unpaired) electrons. The number of benzene rings is 2. The zero-order valence-corrected chi connectivity index (χ0v) is 12.8. The molecule has 0 saturated heterocycles. The summed E-state index contributed by atoms with van der Waals surface area (Å²) < 4.78 is 0. The number of nitrogens with one attached hydrogen (secondary N) is 1. The standard InChI is InChI=1S/C17H21NOS/c1-13-6-3-4-9-17(13)20-12-15(18-2)10-14-7-5-8-16(19)11-14/h3-9,11,15,18-19H,10,12H2,1-2H3. The van der Waals surface area contributed by atoms with Crippen molar-refractivity contribution in [3.05, 3.63) is 59.7 Å². The molecule has 0 aliphatic rings. The molecule has 2 rings (SSSR count). The van der Waals surface area contributed by atoms with Crippen LogP contribution in [0.4, 0.5) is 0 Å². The third-order valence-corrected chi connectivity index (χ3v) is 4.67. The van der Waals surface area contributed by atoms with E-state index in [1.807, 2.05) is 30.9 Å². The van der Waals surface area contributed by atoms with Gasteiger partial charge < -0.3 is 10.4 Å². The normalized spacial score (nSPS) is 12.3. The molecule has 20 heavy (non-hydrogen) atoms. The molecule has 0 spiro atoms. The molecule has 3 heteroatoms. The number of aryl methyl sites for hydroxylation is 1. The molecule has 2 nitrogen and oxygen atoms in total. The molecule has 0 aliphatic carbocycles. The lowest BCUT2D eigenvalue weighted by atomic mass is 10.1. The van der Waals surface area contributed by atoms with Crippen molar-refractivity contribution in [1.29, 1.82) is 0 Å². The largest absolute Gasteiger partial charge is 0.508 e. The summed E-state index contributed by atoms with van der Waals surface area (Å²) in [5, 5.41) is 12.9. The van der Waals surface area contributed by atoms with E-state index in [4.69, 9.17) is 0 Å². The molecule has 0 amide bonds. The van der Waals surface area contributed by atoms with Gasteiger partial charge in [0.1, 0.15) is 5.75 Å². The van der Waals surface area contributed by atoms with Gasteiger partial charge in [-0.3, -0.25) is 0 Å². The highest BCUT2D eigenvalue weighted by molar-refractivity contribution is 7.99. The minimum absolute atomic E-state index is 0.337. The topological polar surface area (TPSA) is 32.3 Å². The Labute approximate surface area is 125 Å². The van der Waals surface area contributed by atoms with E-state index < -0.39 is 0 Å². The fourth-order valence-electron chi connectivity index (χ4n) is 2.12. The first-order chi connectivity index (χ1) is 9.69. The van der Waals surface area contributed by atoms with Crippen LogP contribution in [0.2, 0.25) is 0 Å². The Hall–Kier alpha value is -1.45. The maximum atomic E-state index is 9.52. The summed E-state index contributed by atoms with van der Waals surface area (Å²) >= 11 is 1.88. The Kier molecular flexibility index (Phi) is 5.50. The van der Waals surface area contributed by atoms with Gasteiger partial charge in [0.15, 0.2) is 0 Å². The summed E-state index contributed by atoms with van der Waals surface area (Å²) in [6.45, 7) is 2.14. The molecule has 2 N–H and O–H groups in total.